The summed E-state index contributed by atoms with van der Waals surface area (Å²) in [5.41, 5.74) is -6.15. The number of nitrogens with one attached hydrogen (secondary N) is 1. The van der Waals surface area contributed by atoms with Gasteiger partial charge in [0.25, 0.3) is 0 Å². The highest BCUT2D eigenvalue weighted by Gasteiger charge is 2.76. The number of methoxy groups -OCH3 is 1. The molecule has 4 aliphatic rings. The van der Waals surface area contributed by atoms with E-state index in [1.54, 1.807) is 69.3 Å². The molecule has 11 atom stereocenters. The average molecular weight is 722 g/mol. The molecule has 280 valence electrons. The van der Waals surface area contributed by atoms with E-state index in [0.29, 0.717) is 11.1 Å². The molecule has 1 heterocycles. The Morgan fingerprint density at radius 2 is 1.60 bits per heavy atom. The van der Waals surface area contributed by atoms with Crippen molar-refractivity contribution in [3.8, 4) is 0 Å². The summed E-state index contributed by atoms with van der Waals surface area (Å²) in [5.74, 6) is -4.54. The molecule has 1 saturated heterocycles. The fourth-order valence-corrected chi connectivity index (χ4v) is 9.14. The first-order valence-electron chi connectivity index (χ1n) is 17.4. The Morgan fingerprint density at radius 1 is 0.981 bits per heavy atom. The molecule has 1 amide bonds. The van der Waals surface area contributed by atoms with E-state index in [0.717, 1.165) is 0 Å². The number of aliphatic hydroxyl groups is 4. The van der Waals surface area contributed by atoms with E-state index >= 15 is 0 Å². The van der Waals surface area contributed by atoms with Gasteiger partial charge in [-0.25, -0.2) is 9.59 Å². The predicted octanol–water partition coefficient (Wildman–Crippen LogP) is 1.95. The Morgan fingerprint density at radius 3 is 2.15 bits per heavy atom. The number of carbonyl (C=O) groups excluding carboxylic acids is 4. The third-order valence-electron chi connectivity index (χ3n) is 12.2. The van der Waals surface area contributed by atoms with Crippen LogP contribution in [0, 0.1) is 16.7 Å². The second kappa shape index (κ2) is 13.5. The summed E-state index contributed by atoms with van der Waals surface area (Å²) in [4.78, 5) is 54.8. The molecule has 2 aromatic carbocycles. The molecule has 0 spiro atoms. The maximum Gasteiger partial charge on any atom is 0.338 e. The molecule has 6 rings (SSSR count). The molecule has 13 heteroatoms. The normalized spacial score (nSPS) is 36.1. The zero-order valence-electron chi connectivity index (χ0n) is 30.1. The molecule has 52 heavy (non-hydrogen) atoms. The highest BCUT2D eigenvalue weighted by Crippen LogP contribution is 2.63. The minimum atomic E-state index is -2.20. The second-order valence-electron chi connectivity index (χ2n) is 15.3. The Labute approximate surface area is 301 Å². The number of amides is 1. The number of aliphatic hydroxyl groups excluding tert-OH is 2. The lowest BCUT2D eigenvalue weighted by Gasteiger charge is -2.67. The number of hydrogen-bond acceptors (Lipinski definition) is 12. The minimum absolute atomic E-state index is 0.0973. The number of carbonyl (C=O) groups is 4. The van der Waals surface area contributed by atoms with Gasteiger partial charge in [-0.15, -0.1) is 0 Å². The van der Waals surface area contributed by atoms with E-state index in [1.807, 2.05) is 0 Å². The van der Waals surface area contributed by atoms with Crippen molar-refractivity contribution < 1.29 is 58.6 Å². The Balaban J connectivity index is 1.50. The van der Waals surface area contributed by atoms with Crippen LogP contribution in [0.4, 0.5) is 0 Å². The molecule has 0 aromatic heterocycles. The van der Waals surface area contributed by atoms with E-state index in [4.69, 9.17) is 18.9 Å². The Kier molecular flexibility index (Phi) is 9.77. The SMILES string of the molecule is COC1C(=O)[C@]2(C)C(O)CC3OC[C@@]3(O)C2C(OC(=O)c2ccccc2)C2(O)CC(OC(=O)C(O)C(NC(C)=O)c3ccccc3)C(C)=C1C2(C)C. The summed E-state index contributed by atoms with van der Waals surface area (Å²) in [6.45, 7) is 7.40. The molecule has 5 N–H and O–H groups in total. The molecule has 2 bridgehead atoms. The molecule has 1 aliphatic heterocycles. The number of Topliss-reactive ketones (excluding diaryl/α,β-unsaturated/α-hetero) is 1. The van der Waals surface area contributed by atoms with Gasteiger partial charge >= 0.3 is 11.9 Å². The van der Waals surface area contributed by atoms with Crippen molar-refractivity contribution >= 4 is 23.6 Å². The standard InChI is InChI=1S/C39H47NO12/c1-20-24(51-35(46)29(43)28(40-21(2)41)22-13-9-7-10-14-22)18-39(48)33(52-34(45)23-15-11-8-12-16-23)31-37(5,25(42)17-26-38(31,47)19-50-26)32(44)30(49-6)27(20)36(39,3)4/h7-16,24-26,28-31,33,42-43,47-48H,17-19H2,1-6H3,(H,40,41)/t24?,25?,26?,28?,29?,30?,31?,33?,37-,38+,39?/m1/s1. The van der Waals surface area contributed by atoms with E-state index in [-0.39, 0.29) is 24.2 Å². The van der Waals surface area contributed by atoms with Gasteiger partial charge in [-0.1, -0.05) is 62.4 Å². The number of ketones is 1. The smallest absolute Gasteiger partial charge is 0.338 e. The molecular weight excluding hydrogens is 674 g/mol. The van der Waals surface area contributed by atoms with Crippen LogP contribution in [-0.2, 0) is 33.3 Å². The van der Waals surface area contributed by atoms with Gasteiger partial charge < -0.3 is 44.7 Å². The van der Waals surface area contributed by atoms with Gasteiger partial charge in [0.15, 0.2) is 11.9 Å². The van der Waals surface area contributed by atoms with Crippen molar-refractivity contribution in [2.75, 3.05) is 13.7 Å². The van der Waals surface area contributed by atoms with E-state index in [9.17, 15) is 39.6 Å². The molecule has 3 aliphatic carbocycles. The number of hydrogen-bond donors (Lipinski definition) is 5. The third kappa shape index (κ3) is 5.69. The highest BCUT2D eigenvalue weighted by molar-refractivity contribution is 5.94. The molecule has 2 saturated carbocycles. The van der Waals surface area contributed by atoms with Crippen LogP contribution in [0.3, 0.4) is 0 Å². The van der Waals surface area contributed by atoms with Gasteiger partial charge in [0, 0.05) is 38.2 Å². The first kappa shape index (κ1) is 37.8. The van der Waals surface area contributed by atoms with Gasteiger partial charge in [0.2, 0.25) is 5.91 Å². The van der Waals surface area contributed by atoms with Crippen molar-refractivity contribution in [3.05, 3.63) is 82.9 Å². The van der Waals surface area contributed by atoms with Crippen LogP contribution in [0.1, 0.15) is 69.4 Å². The van der Waals surface area contributed by atoms with Crippen molar-refractivity contribution in [3.63, 3.8) is 0 Å². The van der Waals surface area contributed by atoms with E-state index < -0.39 is 101 Å². The Bertz CT molecular complexity index is 1760. The lowest BCUT2D eigenvalue weighted by atomic mass is 9.44. The van der Waals surface area contributed by atoms with Crippen LogP contribution in [-0.4, -0.2) is 106 Å². The minimum Gasteiger partial charge on any atom is -0.456 e. The van der Waals surface area contributed by atoms with Crippen molar-refractivity contribution in [2.45, 2.75) is 101 Å². The molecule has 3 fully saturated rings. The predicted molar refractivity (Wildman–Crippen MR) is 183 cm³/mol. The fourth-order valence-electron chi connectivity index (χ4n) is 9.14. The number of esters is 2. The summed E-state index contributed by atoms with van der Waals surface area (Å²) in [6.07, 6.45) is -9.14. The number of benzene rings is 2. The van der Waals surface area contributed by atoms with Gasteiger partial charge in [-0.3, -0.25) is 9.59 Å². The summed E-state index contributed by atoms with van der Waals surface area (Å²) in [7, 11) is 1.31. The van der Waals surface area contributed by atoms with E-state index in [2.05, 4.69) is 5.32 Å². The zero-order chi connectivity index (χ0) is 38.0. The van der Waals surface area contributed by atoms with E-state index in [1.165, 1.54) is 33.1 Å². The quantitative estimate of drug-likeness (QED) is 0.197. The first-order chi connectivity index (χ1) is 24.4. The van der Waals surface area contributed by atoms with Gasteiger partial charge in [0.1, 0.15) is 29.5 Å². The Hall–Kier alpha value is -3.98. The van der Waals surface area contributed by atoms with Crippen LogP contribution in [0.5, 0.6) is 0 Å². The summed E-state index contributed by atoms with van der Waals surface area (Å²) in [6, 6.07) is 15.2. The second-order valence-corrected chi connectivity index (χ2v) is 15.3. The lowest BCUT2D eigenvalue weighted by Crippen LogP contribution is -2.81. The van der Waals surface area contributed by atoms with Crippen LogP contribution in [0.2, 0.25) is 0 Å². The third-order valence-corrected chi connectivity index (χ3v) is 12.2. The molecule has 0 radical (unpaired) electrons. The van der Waals surface area contributed by atoms with Gasteiger partial charge in [-0.2, -0.15) is 0 Å². The fraction of sp³-hybridized carbons (Fsp3) is 0.538. The van der Waals surface area contributed by atoms with Gasteiger partial charge in [-0.05, 0) is 42.7 Å². The maximum absolute atomic E-state index is 15.0. The molecule has 9 unspecified atom stereocenters. The van der Waals surface area contributed by atoms with Crippen LogP contribution < -0.4 is 5.32 Å². The van der Waals surface area contributed by atoms with Crippen LogP contribution in [0.15, 0.2) is 71.8 Å². The van der Waals surface area contributed by atoms with Crippen molar-refractivity contribution in [1.29, 1.82) is 0 Å². The van der Waals surface area contributed by atoms with Gasteiger partial charge in [0.05, 0.1) is 35.8 Å². The van der Waals surface area contributed by atoms with Crippen LogP contribution in [0.25, 0.3) is 0 Å². The summed E-state index contributed by atoms with van der Waals surface area (Å²) >= 11 is 0. The number of ether oxygens (including phenoxy) is 4. The van der Waals surface area contributed by atoms with Crippen molar-refractivity contribution in [1.82, 2.24) is 5.32 Å². The molecule has 13 nitrogen and oxygen atoms in total. The number of rotatable bonds is 8. The number of fused-ring (bicyclic) bond motifs is 5. The average Bonchev–Trinajstić information content (AvgIpc) is 3.11. The summed E-state index contributed by atoms with van der Waals surface area (Å²) < 4.78 is 23.8. The first-order valence-corrected chi connectivity index (χ1v) is 17.4. The zero-order valence-corrected chi connectivity index (χ0v) is 30.1. The monoisotopic (exact) mass is 721 g/mol. The largest absolute Gasteiger partial charge is 0.456 e. The maximum atomic E-state index is 15.0. The van der Waals surface area contributed by atoms with Crippen molar-refractivity contribution in [2.24, 2.45) is 16.7 Å². The summed E-state index contributed by atoms with van der Waals surface area (Å²) in [5, 5.41) is 51.3. The topological polar surface area (TPSA) is 198 Å². The molecular formula is C39H47NO12. The molecule has 2 aromatic rings. The van der Waals surface area contributed by atoms with Crippen LogP contribution >= 0.6 is 0 Å². The highest BCUT2D eigenvalue weighted by atomic mass is 16.6. The lowest BCUT2D eigenvalue weighted by molar-refractivity contribution is -0.343.